The van der Waals surface area contributed by atoms with Crippen molar-refractivity contribution in [2.24, 2.45) is 0 Å². The summed E-state index contributed by atoms with van der Waals surface area (Å²) in [6.07, 6.45) is 0.425. The zero-order valence-corrected chi connectivity index (χ0v) is 11.6. The molecule has 1 aliphatic rings. The Balaban J connectivity index is 1.79. The summed E-state index contributed by atoms with van der Waals surface area (Å²) in [5.74, 6) is 1.59. The standard InChI is InChI=1S/C15H17N3O2/c1-10(2)14-16-15(20-17-14)11-8-13(19)18(9-11)12-6-4-3-5-7-12/h3-7,10-11H,8-9H2,1-2H3. The topological polar surface area (TPSA) is 59.2 Å². The predicted molar refractivity (Wildman–Crippen MR) is 74.5 cm³/mol. The highest BCUT2D eigenvalue weighted by Crippen LogP contribution is 2.31. The molecule has 1 amide bonds. The Morgan fingerprint density at radius 2 is 2.05 bits per heavy atom. The van der Waals surface area contributed by atoms with Gasteiger partial charge in [0.25, 0.3) is 0 Å². The first-order valence-corrected chi connectivity index (χ1v) is 6.84. The van der Waals surface area contributed by atoms with Gasteiger partial charge in [0.05, 0.1) is 5.92 Å². The summed E-state index contributed by atoms with van der Waals surface area (Å²) in [7, 11) is 0. The number of carbonyl (C=O) groups excluding carboxylic acids is 1. The van der Waals surface area contributed by atoms with Crippen LogP contribution in [0.3, 0.4) is 0 Å². The number of carbonyl (C=O) groups is 1. The van der Waals surface area contributed by atoms with Gasteiger partial charge in [-0.3, -0.25) is 4.79 Å². The summed E-state index contributed by atoms with van der Waals surface area (Å²) in [5, 5.41) is 3.97. The highest BCUT2D eigenvalue weighted by molar-refractivity contribution is 5.96. The molecule has 5 heteroatoms. The van der Waals surface area contributed by atoms with Crippen molar-refractivity contribution >= 4 is 11.6 Å². The molecule has 0 N–H and O–H groups in total. The number of anilines is 1. The molecule has 2 aromatic rings. The van der Waals surface area contributed by atoms with Crippen LogP contribution in [0.25, 0.3) is 0 Å². The molecular weight excluding hydrogens is 254 g/mol. The minimum absolute atomic E-state index is 0.0114. The lowest BCUT2D eigenvalue weighted by atomic mass is 10.1. The first-order valence-electron chi connectivity index (χ1n) is 6.84. The van der Waals surface area contributed by atoms with Gasteiger partial charge in [0.15, 0.2) is 5.82 Å². The van der Waals surface area contributed by atoms with Crippen LogP contribution in [-0.4, -0.2) is 22.6 Å². The fourth-order valence-electron chi connectivity index (χ4n) is 2.38. The predicted octanol–water partition coefficient (Wildman–Crippen LogP) is 2.71. The lowest BCUT2D eigenvalue weighted by Crippen LogP contribution is -2.24. The third-order valence-corrected chi connectivity index (χ3v) is 3.52. The normalized spacial score (nSPS) is 19.1. The van der Waals surface area contributed by atoms with Crippen molar-refractivity contribution in [1.29, 1.82) is 0 Å². The molecule has 1 saturated heterocycles. The second-order valence-corrected chi connectivity index (χ2v) is 5.39. The second kappa shape index (κ2) is 5.07. The Morgan fingerprint density at radius 1 is 1.30 bits per heavy atom. The molecule has 1 aromatic carbocycles. The molecule has 0 bridgehead atoms. The van der Waals surface area contributed by atoms with Crippen molar-refractivity contribution in [1.82, 2.24) is 10.1 Å². The van der Waals surface area contributed by atoms with Crippen molar-refractivity contribution < 1.29 is 9.32 Å². The summed E-state index contributed by atoms with van der Waals surface area (Å²) < 4.78 is 5.30. The Labute approximate surface area is 117 Å². The van der Waals surface area contributed by atoms with E-state index in [1.54, 1.807) is 4.90 Å². The number of para-hydroxylation sites is 1. The van der Waals surface area contributed by atoms with E-state index in [1.165, 1.54) is 0 Å². The van der Waals surface area contributed by atoms with Crippen molar-refractivity contribution in [3.8, 4) is 0 Å². The van der Waals surface area contributed by atoms with Gasteiger partial charge in [-0.1, -0.05) is 37.2 Å². The molecule has 0 aliphatic carbocycles. The Bertz CT molecular complexity index is 607. The number of hydrogen-bond acceptors (Lipinski definition) is 4. The average Bonchev–Trinajstić information content (AvgIpc) is 3.06. The van der Waals surface area contributed by atoms with Gasteiger partial charge in [-0.2, -0.15) is 4.98 Å². The van der Waals surface area contributed by atoms with Gasteiger partial charge < -0.3 is 9.42 Å². The average molecular weight is 271 g/mol. The summed E-state index contributed by atoms with van der Waals surface area (Å²) in [4.78, 5) is 18.3. The van der Waals surface area contributed by atoms with Crippen LogP contribution in [0, 0.1) is 0 Å². The fraction of sp³-hybridized carbons (Fsp3) is 0.400. The molecule has 2 heterocycles. The maximum atomic E-state index is 12.1. The largest absolute Gasteiger partial charge is 0.339 e. The smallest absolute Gasteiger partial charge is 0.232 e. The van der Waals surface area contributed by atoms with E-state index < -0.39 is 0 Å². The van der Waals surface area contributed by atoms with E-state index in [-0.39, 0.29) is 17.7 Å². The van der Waals surface area contributed by atoms with Gasteiger partial charge in [0.1, 0.15) is 0 Å². The number of hydrogen-bond donors (Lipinski definition) is 0. The van der Waals surface area contributed by atoms with E-state index in [0.29, 0.717) is 24.7 Å². The molecule has 1 aromatic heterocycles. The van der Waals surface area contributed by atoms with E-state index in [9.17, 15) is 4.79 Å². The van der Waals surface area contributed by atoms with E-state index in [0.717, 1.165) is 5.69 Å². The lowest BCUT2D eigenvalue weighted by Gasteiger charge is -2.15. The number of amides is 1. The van der Waals surface area contributed by atoms with Gasteiger partial charge in [-0.25, -0.2) is 0 Å². The highest BCUT2D eigenvalue weighted by Gasteiger charge is 2.35. The molecule has 1 aliphatic heterocycles. The van der Waals surface area contributed by atoms with Crippen LogP contribution in [0.15, 0.2) is 34.9 Å². The van der Waals surface area contributed by atoms with E-state index in [1.807, 2.05) is 44.2 Å². The fourth-order valence-corrected chi connectivity index (χ4v) is 2.38. The third-order valence-electron chi connectivity index (χ3n) is 3.52. The molecule has 1 fully saturated rings. The molecule has 0 spiro atoms. The van der Waals surface area contributed by atoms with Crippen LogP contribution in [0.4, 0.5) is 5.69 Å². The molecule has 0 saturated carbocycles. The van der Waals surface area contributed by atoms with Crippen molar-refractivity contribution in [3.63, 3.8) is 0 Å². The number of benzene rings is 1. The molecule has 20 heavy (non-hydrogen) atoms. The zero-order valence-electron chi connectivity index (χ0n) is 11.6. The van der Waals surface area contributed by atoms with E-state index >= 15 is 0 Å². The van der Waals surface area contributed by atoms with Crippen LogP contribution in [0.1, 0.15) is 43.8 Å². The van der Waals surface area contributed by atoms with Crippen molar-refractivity contribution in [2.75, 3.05) is 11.4 Å². The second-order valence-electron chi connectivity index (χ2n) is 5.39. The van der Waals surface area contributed by atoms with Crippen molar-refractivity contribution in [2.45, 2.75) is 32.1 Å². The maximum Gasteiger partial charge on any atom is 0.232 e. The minimum Gasteiger partial charge on any atom is -0.339 e. The first-order chi connectivity index (χ1) is 9.65. The number of aromatic nitrogens is 2. The molecular formula is C15H17N3O2. The van der Waals surface area contributed by atoms with Gasteiger partial charge >= 0.3 is 0 Å². The lowest BCUT2D eigenvalue weighted by molar-refractivity contribution is -0.117. The van der Waals surface area contributed by atoms with Crippen LogP contribution >= 0.6 is 0 Å². The van der Waals surface area contributed by atoms with Crippen LogP contribution < -0.4 is 4.90 Å². The summed E-state index contributed by atoms with van der Waals surface area (Å²) in [6.45, 7) is 4.64. The van der Waals surface area contributed by atoms with Crippen LogP contribution in [0.2, 0.25) is 0 Å². The molecule has 3 rings (SSSR count). The van der Waals surface area contributed by atoms with Crippen LogP contribution in [-0.2, 0) is 4.79 Å². The van der Waals surface area contributed by atoms with Gasteiger partial charge in [0, 0.05) is 24.6 Å². The zero-order chi connectivity index (χ0) is 14.1. The molecule has 1 atom stereocenters. The van der Waals surface area contributed by atoms with Gasteiger partial charge in [0.2, 0.25) is 11.8 Å². The summed E-state index contributed by atoms with van der Waals surface area (Å²) in [5.41, 5.74) is 0.920. The summed E-state index contributed by atoms with van der Waals surface area (Å²) >= 11 is 0. The Morgan fingerprint density at radius 3 is 2.70 bits per heavy atom. The van der Waals surface area contributed by atoms with E-state index in [4.69, 9.17) is 4.52 Å². The monoisotopic (exact) mass is 271 g/mol. The van der Waals surface area contributed by atoms with Crippen LogP contribution in [0.5, 0.6) is 0 Å². The first kappa shape index (κ1) is 12.8. The third kappa shape index (κ3) is 2.31. The number of nitrogens with zero attached hydrogens (tertiary/aromatic N) is 3. The SMILES string of the molecule is CC(C)c1noc(C2CC(=O)N(c3ccccc3)C2)n1. The van der Waals surface area contributed by atoms with Gasteiger partial charge in [-0.15, -0.1) is 0 Å². The van der Waals surface area contributed by atoms with Crippen molar-refractivity contribution in [3.05, 3.63) is 42.0 Å². The Kier molecular flexibility index (Phi) is 3.26. The maximum absolute atomic E-state index is 12.1. The quantitative estimate of drug-likeness (QED) is 0.861. The Hall–Kier alpha value is -2.17. The molecule has 0 radical (unpaired) electrons. The minimum atomic E-state index is -0.0114. The van der Waals surface area contributed by atoms with Gasteiger partial charge in [-0.05, 0) is 12.1 Å². The molecule has 5 nitrogen and oxygen atoms in total. The molecule has 1 unspecified atom stereocenters. The van der Waals surface area contributed by atoms with E-state index in [2.05, 4.69) is 10.1 Å². The molecule has 104 valence electrons. The highest BCUT2D eigenvalue weighted by atomic mass is 16.5. The summed E-state index contributed by atoms with van der Waals surface area (Å²) in [6, 6.07) is 9.68. The number of rotatable bonds is 3.